The highest BCUT2D eigenvalue weighted by Crippen LogP contribution is 2.14. The number of carbonyl (C=O) groups excluding carboxylic acids is 1. The van der Waals surface area contributed by atoms with E-state index < -0.39 is 0 Å². The van der Waals surface area contributed by atoms with E-state index in [-0.39, 0.29) is 5.78 Å². The third kappa shape index (κ3) is 3.50. The van der Waals surface area contributed by atoms with Crippen LogP contribution < -0.4 is 0 Å². The number of carbonyl (C=O) groups is 1. The van der Waals surface area contributed by atoms with E-state index in [9.17, 15) is 4.79 Å². The van der Waals surface area contributed by atoms with Gasteiger partial charge in [-0.05, 0) is 25.3 Å². The quantitative estimate of drug-likeness (QED) is 0.507. The van der Waals surface area contributed by atoms with Crippen molar-refractivity contribution in [2.24, 2.45) is 0 Å². The van der Waals surface area contributed by atoms with Crippen LogP contribution >= 0.6 is 0 Å². The average Bonchev–Trinajstić information content (AvgIpc) is 2.29. The first-order valence-electron chi connectivity index (χ1n) is 5.70. The molecule has 0 saturated heterocycles. The maximum absolute atomic E-state index is 11.6. The Kier molecular flexibility index (Phi) is 5.09. The number of Topliss-reactive ketones (excluding diaryl/α,β-unsaturated/α-hetero) is 1. The largest absolute Gasteiger partial charge is 0.294 e. The van der Waals surface area contributed by atoms with Crippen molar-refractivity contribution in [3.8, 4) is 0 Å². The zero-order valence-corrected chi connectivity index (χ0v) is 9.46. The normalized spacial score (nSPS) is 10.3. The van der Waals surface area contributed by atoms with Crippen LogP contribution in [0.3, 0.4) is 0 Å². The van der Waals surface area contributed by atoms with Crippen molar-refractivity contribution in [1.82, 2.24) is 0 Å². The van der Waals surface area contributed by atoms with Gasteiger partial charge in [0.25, 0.3) is 0 Å². The summed E-state index contributed by atoms with van der Waals surface area (Å²) in [4.78, 5) is 11.6. The Morgan fingerprint density at radius 1 is 1.27 bits per heavy atom. The van der Waals surface area contributed by atoms with Crippen LogP contribution in [0.15, 0.2) is 24.3 Å². The van der Waals surface area contributed by atoms with Crippen molar-refractivity contribution in [2.45, 2.75) is 39.0 Å². The number of benzene rings is 1. The van der Waals surface area contributed by atoms with Crippen LogP contribution in [0.25, 0.3) is 0 Å². The number of unbranched alkanes of at least 4 members (excludes halogenated alkanes) is 2. The lowest BCUT2D eigenvalue weighted by molar-refractivity contribution is 0.0994. The number of rotatable bonds is 6. The molecule has 0 unspecified atom stereocenters. The molecule has 0 aromatic heterocycles. The van der Waals surface area contributed by atoms with Gasteiger partial charge < -0.3 is 0 Å². The van der Waals surface area contributed by atoms with Crippen LogP contribution in [-0.2, 0) is 6.42 Å². The Labute approximate surface area is 92.5 Å². The highest BCUT2D eigenvalue weighted by atomic mass is 16.1. The minimum atomic E-state index is 0.155. The zero-order chi connectivity index (χ0) is 11.1. The van der Waals surface area contributed by atoms with Crippen LogP contribution in [0.5, 0.6) is 0 Å². The van der Waals surface area contributed by atoms with Crippen molar-refractivity contribution in [1.29, 1.82) is 0 Å². The molecular formula is C14H19O. The molecule has 1 heteroatoms. The van der Waals surface area contributed by atoms with Crippen molar-refractivity contribution >= 4 is 5.78 Å². The van der Waals surface area contributed by atoms with Gasteiger partial charge in [-0.3, -0.25) is 4.79 Å². The predicted molar refractivity (Wildman–Crippen MR) is 64.0 cm³/mol. The molecule has 0 aliphatic carbocycles. The predicted octanol–water partition coefficient (Wildman–Crippen LogP) is 3.83. The number of aryl methyl sites for hydroxylation is 1. The second kappa shape index (κ2) is 6.39. The third-order valence-corrected chi connectivity index (χ3v) is 2.59. The van der Waals surface area contributed by atoms with E-state index >= 15 is 0 Å². The molecule has 0 amide bonds. The number of hydrogen-bond donors (Lipinski definition) is 0. The molecule has 1 nitrogen and oxygen atoms in total. The molecule has 0 heterocycles. The molecule has 15 heavy (non-hydrogen) atoms. The van der Waals surface area contributed by atoms with Crippen molar-refractivity contribution in [2.75, 3.05) is 0 Å². The van der Waals surface area contributed by atoms with Gasteiger partial charge in [0.2, 0.25) is 0 Å². The molecule has 0 aliphatic heterocycles. The first-order chi connectivity index (χ1) is 7.29. The van der Waals surface area contributed by atoms with Gasteiger partial charge in [0.15, 0.2) is 5.78 Å². The smallest absolute Gasteiger partial charge is 0.163 e. The molecule has 0 bridgehead atoms. The summed E-state index contributed by atoms with van der Waals surface area (Å²) in [5.41, 5.74) is 2.04. The summed E-state index contributed by atoms with van der Waals surface area (Å²) in [5, 5.41) is 0. The fraction of sp³-hybridized carbons (Fsp3) is 0.429. The van der Waals surface area contributed by atoms with Gasteiger partial charge in [0, 0.05) is 12.0 Å². The van der Waals surface area contributed by atoms with E-state index in [0.717, 1.165) is 18.4 Å². The Bertz CT molecular complexity index is 315. The van der Waals surface area contributed by atoms with E-state index in [1.165, 1.54) is 18.4 Å². The Hall–Kier alpha value is -1.11. The van der Waals surface area contributed by atoms with Crippen LogP contribution in [0.2, 0.25) is 0 Å². The number of hydrogen-bond acceptors (Lipinski definition) is 1. The first-order valence-corrected chi connectivity index (χ1v) is 5.70. The summed E-state index contributed by atoms with van der Waals surface area (Å²) in [6, 6.07) is 7.89. The molecule has 0 N–H and O–H groups in total. The van der Waals surface area contributed by atoms with E-state index in [2.05, 4.69) is 19.9 Å². The fourth-order valence-electron chi connectivity index (χ4n) is 1.71. The molecule has 0 saturated carbocycles. The second-order valence-electron chi connectivity index (χ2n) is 3.79. The third-order valence-electron chi connectivity index (χ3n) is 2.59. The first kappa shape index (κ1) is 12.0. The van der Waals surface area contributed by atoms with Crippen molar-refractivity contribution in [3.05, 3.63) is 42.3 Å². The van der Waals surface area contributed by atoms with E-state index in [0.29, 0.717) is 6.42 Å². The molecule has 1 aromatic carbocycles. The van der Waals surface area contributed by atoms with Gasteiger partial charge in [-0.25, -0.2) is 0 Å². The summed E-state index contributed by atoms with van der Waals surface area (Å²) >= 11 is 0. The lowest BCUT2D eigenvalue weighted by atomic mass is 9.98. The van der Waals surface area contributed by atoms with E-state index in [4.69, 9.17) is 0 Å². The summed E-state index contributed by atoms with van der Waals surface area (Å²) in [5.74, 6) is 0.155. The molecular weight excluding hydrogens is 184 g/mol. The lowest BCUT2D eigenvalue weighted by Crippen LogP contribution is -2.02. The summed E-state index contributed by atoms with van der Waals surface area (Å²) in [6.07, 6.45) is 4.97. The standard InChI is InChI=1S/C14H19O/c1-3-5-6-9-12-10-7-8-11-13(12)14(15)4-2/h7-8,10-11H,2-6,9H2,1H3. The summed E-state index contributed by atoms with van der Waals surface area (Å²) < 4.78 is 0. The van der Waals surface area contributed by atoms with Gasteiger partial charge >= 0.3 is 0 Å². The van der Waals surface area contributed by atoms with Gasteiger partial charge in [-0.2, -0.15) is 0 Å². The van der Waals surface area contributed by atoms with E-state index in [1.807, 2.05) is 18.2 Å². The lowest BCUT2D eigenvalue weighted by Gasteiger charge is -2.06. The molecule has 1 rings (SSSR count). The zero-order valence-electron chi connectivity index (χ0n) is 9.46. The van der Waals surface area contributed by atoms with Crippen LogP contribution in [0, 0.1) is 6.92 Å². The minimum Gasteiger partial charge on any atom is -0.294 e. The Morgan fingerprint density at radius 2 is 2.00 bits per heavy atom. The molecule has 1 radical (unpaired) electrons. The fourth-order valence-corrected chi connectivity index (χ4v) is 1.71. The average molecular weight is 203 g/mol. The van der Waals surface area contributed by atoms with Crippen molar-refractivity contribution < 1.29 is 4.79 Å². The van der Waals surface area contributed by atoms with Crippen molar-refractivity contribution in [3.63, 3.8) is 0 Å². The monoisotopic (exact) mass is 203 g/mol. The molecule has 0 fully saturated rings. The minimum absolute atomic E-state index is 0.155. The summed E-state index contributed by atoms with van der Waals surface area (Å²) in [6.45, 7) is 5.84. The summed E-state index contributed by atoms with van der Waals surface area (Å²) in [7, 11) is 0. The van der Waals surface area contributed by atoms with Gasteiger partial charge in [0.1, 0.15) is 0 Å². The maximum Gasteiger partial charge on any atom is 0.163 e. The number of ketones is 1. The van der Waals surface area contributed by atoms with Crippen LogP contribution in [0.1, 0.15) is 48.5 Å². The molecule has 1 aromatic rings. The molecule has 0 spiro atoms. The van der Waals surface area contributed by atoms with E-state index in [1.54, 1.807) is 0 Å². The SMILES string of the molecule is [CH2]CC(=O)c1ccccc1CCCCC. The van der Waals surface area contributed by atoms with Gasteiger partial charge in [0.05, 0.1) is 0 Å². The molecule has 81 valence electrons. The molecule has 0 aliphatic rings. The highest BCUT2D eigenvalue weighted by molar-refractivity contribution is 5.97. The van der Waals surface area contributed by atoms with Gasteiger partial charge in [-0.15, -0.1) is 0 Å². The maximum atomic E-state index is 11.6. The van der Waals surface area contributed by atoms with Gasteiger partial charge in [-0.1, -0.05) is 44.0 Å². The second-order valence-corrected chi connectivity index (χ2v) is 3.79. The van der Waals surface area contributed by atoms with Crippen LogP contribution in [0.4, 0.5) is 0 Å². The Balaban J connectivity index is 2.73. The highest BCUT2D eigenvalue weighted by Gasteiger charge is 2.07. The van der Waals surface area contributed by atoms with Crippen LogP contribution in [-0.4, -0.2) is 5.78 Å². The Morgan fingerprint density at radius 3 is 2.67 bits per heavy atom. The topological polar surface area (TPSA) is 17.1 Å². The molecule has 0 atom stereocenters.